The predicted molar refractivity (Wildman–Crippen MR) is 92.4 cm³/mol. The van der Waals surface area contributed by atoms with E-state index in [0.717, 1.165) is 6.07 Å². The fourth-order valence-corrected chi connectivity index (χ4v) is 2.17. The number of carbonyl (C=O) groups is 1. The van der Waals surface area contributed by atoms with Crippen LogP contribution in [0.25, 0.3) is 0 Å². The maximum absolute atomic E-state index is 12.0. The summed E-state index contributed by atoms with van der Waals surface area (Å²) < 4.78 is 5.25. The van der Waals surface area contributed by atoms with Crippen molar-refractivity contribution in [2.75, 3.05) is 6.61 Å². The molecule has 8 nitrogen and oxygen atoms in total. The highest BCUT2D eigenvalue weighted by molar-refractivity contribution is 6.34. The number of rotatable bonds is 6. The van der Waals surface area contributed by atoms with Gasteiger partial charge in [-0.1, -0.05) is 11.6 Å². The summed E-state index contributed by atoms with van der Waals surface area (Å²) in [5.41, 5.74) is 2.72. The second kappa shape index (κ2) is 8.11. The second-order valence-corrected chi connectivity index (χ2v) is 5.19. The van der Waals surface area contributed by atoms with E-state index < -0.39 is 10.8 Å². The second-order valence-electron chi connectivity index (χ2n) is 4.78. The number of non-ortho nitro benzene ring substituents is 1. The van der Waals surface area contributed by atoms with Gasteiger partial charge in [-0.3, -0.25) is 14.9 Å². The molecule has 0 aromatic heterocycles. The van der Waals surface area contributed by atoms with Crippen molar-refractivity contribution in [3.05, 3.63) is 62.7 Å². The van der Waals surface area contributed by atoms with Crippen molar-refractivity contribution < 1.29 is 19.6 Å². The van der Waals surface area contributed by atoms with E-state index in [4.69, 9.17) is 16.3 Å². The van der Waals surface area contributed by atoms with Gasteiger partial charge in [0, 0.05) is 12.1 Å². The highest BCUT2D eigenvalue weighted by atomic mass is 35.5. The maximum atomic E-state index is 12.0. The van der Waals surface area contributed by atoms with Gasteiger partial charge >= 0.3 is 0 Å². The number of hydrazone groups is 1. The van der Waals surface area contributed by atoms with E-state index in [0.29, 0.717) is 17.9 Å². The molecule has 0 aliphatic heterocycles. The third kappa shape index (κ3) is 4.67. The molecule has 0 aliphatic carbocycles. The van der Waals surface area contributed by atoms with Gasteiger partial charge in [-0.15, -0.1) is 0 Å². The average Bonchev–Trinajstić information content (AvgIpc) is 2.57. The first-order chi connectivity index (χ1) is 11.9. The predicted octanol–water partition coefficient (Wildman–Crippen LogP) is 3.12. The molecule has 0 atom stereocenters. The molecule has 2 aromatic rings. The molecule has 0 saturated heterocycles. The van der Waals surface area contributed by atoms with Crippen LogP contribution in [0, 0.1) is 10.1 Å². The molecule has 2 aromatic carbocycles. The Morgan fingerprint density at radius 2 is 2.16 bits per heavy atom. The normalized spacial score (nSPS) is 10.6. The Balaban J connectivity index is 2.08. The van der Waals surface area contributed by atoms with Gasteiger partial charge in [-0.05, 0) is 36.8 Å². The molecule has 0 heterocycles. The largest absolute Gasteiger partial charge is 0.504 e. The minimum Gasteiger partial charge on any atom is -0.504 e. The zero-order valence-electron chi connectivity index (χ0n) is 13.1. The molecule has 0 saturated carbocycles. The number of aromatic hydroxyl groups is 1. The van der Waals surface area contributed by atoms with Crippen LogP contribution >= 0.6 is 11.6 Å². The van der Waals surface area contributed by atoms with Crippen molar-refractivity contribution >= 4 is 29.4 Å². The number of hydrogen-bond donors (Lipinski definition) is 2. The molecule has 2 N–H and O–H groups in total. The number of phenols is 1. The van der Waals surface area contributed by atoms with Crippen molar-refractivity contribution in [2.45, 2.75) is 6.92 Å². The first kappa shape index (κ1) is 18.2. The van der Waals surface area contributed by atoms with Crippen LogP contribution in [-0.4, -0.2) is 28.8 Å². The Hall–Kier alpha value is -3.13. The number of nitro benzene ring substituents is 1. The zero-order chi connectivity index (χ0) is 18.4. The lowest BCUT2D eigenvalue weighted by Gasteiger charge is -2.06. The SMILES string of the molecule is CCOc1cc(C=NNC(=O)c2ccc([N+](=O)[O-])cc2Cl)ccc1O. The van der Waals surface area contributed by atoms with E-state index >= 15 is 0 Å². The van der Waals surface area contributed by atoms with E-state index in [1.54, 1.807) is 19.1 Å². The summed E-state index contributed by atoms with van der Waals surface area (Å²) in [7, 11) is 0. The van der Waals surface area contributed by atoms with Crippen LogP contribution < -0.4 is 10.2 Å². The molecule has 2 rings (SSSR count). The first-order valence-corrected chi connectivity index (χ1v) is 7.53. The van der Waals surface area contributed by atoms with Gasteiger partial charge in [0.05, 0.1) is 28.3 Å². The standard InChI is InChI=1S/C16H14ClN3O5/c1-2-25-15-7-10(3-6-14(15)21)9-18-19-16(22)12-5-4-11(20(23)24)8-13(12)17/h3-9,21H,2H2,1H3,(H,19,22). The molecule has 130 valence electrons. The molecular formula is C16H14ClN3O5. The van der Waals surface area contributed by atoms with Crippen LogP contribution in [0.4, 0.5) is 5.69 Å². The highest BCUT2D eigenvalue weighted by Gasteiger charge is 2.14. The number of carbonyl (C=O) groups excluding carboxylic acids is 1. The lowest BCUT2D eigenvalue weighted by atomic mass is 10.2. The van der Waals surface area contributed by atoms with Gasteiger partial charge in [0.2, 0.25) is 0 Å². The Labute approximate surface area is 147 Å². The number of nitrogens with one attached hydrogen (secondary N) is 1. The molecule has 0 fully saturated rings. The minimum atomic E-state index is -0.611. The van der Waals surface area contributed by atoms with Crippen LogP contribution in [-0.2, 0) is 0 Å². The number of nitro groups is 1. The fraction of sp³-hybridized carbons (Fsp3) is 0.125. The number of phenolic OH excluding ortho intramolecular Hbond substituents is 1. The lowest BCUT2D eigenvalue weighted by Crippen LogP contribution is -2.18. The van der Waals surface area contributed by atoms with Crippen molar-refractivity contribution in [1.82, 2.24) is 5.43 Å². The number of hydrogen-bond acceptors (Lipinski definition) is 6. The van der Waals surface area contributed by atoms with E-state index in [1.165, 1.54) is 24.4 Å². The lowest BCUT2D eigenvalue weighted by molar-refractivity contribution is -0.384. The molecule has 9 heteroatoms. The quantitative estimate of drug-likeness (QED) is 0.465. The van der Waals surface area contributed by atoms with Crippen molar-refractivity contribution in [3.8, 4) is 11.5 Å². The van der Waals surface area contributed by atoms with Gasteiger partial charge in [-0.25, -0.2) is 5.43 Å². The molecule has 0 spiro atoms. The number of ether oxygens (including phenoxy) is 1. The summed E-state index contributed by atoms with van der Waals surface area (Å²) in [5, 5.41) is 24.0. The molecule has 1 amide bonds. The monoisotopic (exact) mass is 363 g/mol. The summed E-state index contributed by atoms with van der Waals surface area (Å²) in [5.74, 6) is -0.308. The molecular weight excluding hydrogens is 350 g/mol. The van der Waals surface area contributed by atoms with Crippen LogP contribution in [0.2, 0.25) is 5.02 Å². The van der Waals surface area contributed by atoms with Crippen LogP contribution in [0.5, 0.6) is 11.5 Å². The van der Waals surface area contributed by atoms with Crippen LogP contribution in [0.15, 0.2) is 41.5 Å². The zero-order valence-corrected chi connectivity index (χ0v) is 13.9. The number of nitrogens with zero attached hydrogens (tertiary/aromatic N) is 2. The molecule has 0 bridgehead atoms. The average molecular weight is 364 g/mol. The van der Waals surface area contributed by atoms with Crippen LogP contribution in [0.3, 0.4) is 0 Å². The smallest absolute Gasteiger partial charge is 0.272 e. The topological polar surface area (TPSA) is 114 Å². The Bertz CT molecular complexity index is 839. The Morgan fingerprint density at radius 3 is 2.80 bits per heavy atom. The molecule has 25 heavy (non-hydrogen) atoms. The van der Waals surface area contributed by atoms with Gasteiger partial charge in [-0.2, -0.15) is 5.10 Å². The highest BCUT2D eigenvalue weighted by Crippen LogP contribution is 2.26. The summed E-state index contributed by atoms with van der Waals surface area (Å²) in [6.45, 7) is 2.18. The number of halogens is 1. The van der Waals surface area contributed by atoms with Crippen molar-refractivity contribution in [3.63, 3.8) is 0 Å². The van der Waals surface area contributed by atoms with E-state index in [9.17, 15) is 20.0 Å². The number of amides is 1. The van der Waals surface area contributed by atoms with Gasteiger partial charge in [0.1, 0.15) is 0 Å². The van der Waals surface area contributed by atoms with Gasteiger partial charge in [0.25, 0.3) is 11.6 Å². The van der Waals surface area contributed by atoms with Crippen molar-refractivity contribution in [2.24, 2.45) is 5.10 Å². The Morgan fingerprint density at radius 1 is 1.40 bits per heavy atom. The Kier molecular flexibility index (Phi) is 5.91. The van der Waals surface area contributed by atoms with E-state index in [2.05, 4.69) is 10.5 Å². The first-order valence-electron chi connectivity index (χ1n) is 7.15. The molecule has 0 unspecified atom stereocenters. The van der Waals surface area contributed by atoms with Crippen LogP contribution in [0.1, 0.15) is 22.8 Å². The number of benzene rings is 2. The third-order valence-electron chi connectivity index (χ3n) is 3.07. The third-order valence-corrected chi connectivity index (χ3v) is 3.38. The summed E-state index contributed by atoms with van der Waals surface area (Å²) in [6, 6.07) is 8.12. The van der Waals surface area contributed by atoms with Gasteiger partial charge in [0.15, 0.2) is 11.5 Å². The fourth-order valence-electron chi connectivity index (χ4n) is 1.91. The molecule has 0 radical (unpaired) electrons. The summed E-state index contributed by atoms with van der Waals surface area (Å²) in [6.07, 6.45) is 1.36. The summed E-state index contributed by atoms with van der Waals surface area (Å²) in [4.78, 5) is 22.1. The molecule has 0 aliphatic rings. The summed E-state index contributed by atoms with van der Waals surface area (Å²) >= 11 is 5.88. The minimum absolute atomic E-state index is 0.000646. The van der Waals surface area contributed by atoms with E-state index in [-0.39, 0.29) is 22.0 Å². The van der Waals surface area contributed by atoms with E-state index in [1.807, 2.05) is 0 Å². The maximum Gasteiger partial charge on any atom is 0.272 e. The van der Waals surface area contributed by atoms with Gasteiger partial charge < -0.3 is 9.84 Å². The van der Waals surface area contributed by atoms with Crippen molar-refractivity contribution in [1.29, 1.82) is 0 Å².